The Kier molecular flexibility index (Phi) is 3.41. The molecule has 0 bridgehead atoms. The minimum Gasteiger partial charge on any atom is -0.480 e. The summed E-state index contributed by atoms with van der Waals surface area (Å²) in [6.45, 7) is 5.33. The zero-order valence-corrected chi connectivity index (χ0v) is 10.9. The maximum absolute atomic E-state index is 11.1. The smallest absolute Gasteiger partial charge is 0.325 e. The minimum atomic E-state index is -1.09. The summed E-state index contributed by atoms with van der Waals surface area (Å²) >= 11 is 0. The first-order valence-corrected chi connectivity index (χ1v) is 6.26. The van der Waals surface area contributed by atoms with Crippen LogP contribution in [-0.4, -0.2) is 34.6 Å². The number of hydrogen-bond donors (Lipinski definition) is 2. The molecule has 1 saturated heterocycles. The molecule has 0 amide bonds. The van der Waals surface area contributed by atoms with Gasteiger partial charge >= 0.3 is 5.97 Å². The zero-order valence-electron chi connectivity index (χ0n) is 10.9. The van der Waals surface area contributed by atoms with E-state index in [1.807, 2.05) is 12.1 Å². The van der Waals surface area contributed by atoms with Gasteiger partial charge in [0.05, 0.1) is 0 Å². The normalized spacial score (nSPS) is 26.2. The minimum absolute atomic E-state index is 0.205. The molecule has 3 N–H and O–H groups in total. The lowest BCUT2D eigenvalue weighted by atomic mass is 10.00. The first kappa shape index (κ1) is 13.1. The van der Waals surface area contributed by atoms with Crippen molar-refractivity contribution < 1.29 is 9.90 Å². The van der Waals surface area contributed by atoms with Crippen LogP contribution in [0, 0.1) is 6.92 Å². The average molecular weight is 248 g/mol. The number of nitrogens with two attached hydrogens (primary N) is 1. The lowest BCUT2D eigenvalue weighted by Crippen LogP contribution is -2.50. The van der Waals surface area contributed by atoms with Crippen LogP contribution in [0.5, 0.6) is 0 Å². The lowest BCUT2D eigenvalue weighted by Gasteiger charge is -2.27. The van der Waals surface area contributed by atoms with Crippen molar-refractivity contribution in [3.63, 3.8) is 0 Å². The van der Waals surface area contributed by atoms with Crippen LogP contribution >= 0.6 is 0 Å². The predicted molar refractivity (Wildman–Crippen MR) is 70.3 cm³/mol. The van der Waals surface area contributed by atoms with Gasteiger partial charge in [-0.2, -0.15) is 0 Å². The van der Waals surface area contributed by atoms with Crippen molar-refractivity contribution in [3.8, 4) is 0 Å². The molecular weight excluding hydrogens is 228 g/mol. The molecule has 1 heterocycles. The van der Waals surface area contributed by atoms with E-state index < -0.39 is 11.5 Å². The first-order chi connectivity index (χ1) is 8.44. The van der Waals surface area contributed by atoms with Gasteiger partial charge in [-0.3, -0.25) is 9.69 Å². The summed E-state index contributed by atoms with van der Waals surface area (Å²) in [6, 6.07) is 8.41. The van der Waals surface area contributed by atoms with Gasteiger partial charge in [0.15, 0.2) is 0 Å². The fourth-order valence-electron chi connectivity index (χ4n) is 2.62. The molecule has 98 valence electrons. The van der Waals surface area contributed by atoms with Crippen molar-refractivity contribution >= 4 is 5.97 Å². The number of aliphatic carboxylic acids is 1. The highest BCUT2D eigenvalue weighted by atomic mass is 16.4. The standard InChI is InChI=1S/C14H20N2O2/c1-10-5-3-4-6-12(10)11(2)16-8-7-14(15,9-16)13(17)18/h3-6,11H,7-9,15H2,1-2H3,(H,17,18). The van der Waals surface area contributed by atoms with Crippen molar-refractivity contribution in [1.29, 1.82) is 0 Å². The summed E-state index contributed by atoms with van der Waals surface area (Å²) in [5, 5.41) is 9.15. The van der Waals surface area contributed by atoms with Crippen molar-refractivity contribution in [3.05, 3.63) is 35.4 Å². The lowest BCUT2D eigenvalue weighted by molar-refractivity contribution is -0.142. The van der Waals surface area contributed by atoms with Crippen LogP contribution < -0.4 is 5.73 Å². The fraction of sp³-hybridized carbons (Fsp3) is 0.500. The Labute approximate surface area is 107 Å². The summed E-state index contributed by atoms with van der Waals surface area (Å²) in [5.41, 5.74) is 7.29. The van der Waals surface area contributed by atoms with Gasteiger partial charge in [0.2, 0.25) is 0 Å². The number of aryl methyl sites for hydroxylation is 1. The zero-order chi connectivity index (χ0) is 13.3. The highest BCUT2D eigenvalue weighted by Gasteiger charge is 2.42. The van der Waals surface area contributed by atoms with E-state index in [1.165, 1.54) is 11.1 Å². The second-order valence-corrected chi connectivity index (χ2v) is 5.21. The average Bonchev–Trinajstić information content (AvgIpc) is 2.73. The quantitative estimate of drug-likeness (QED) is 0.851. The molecule has 0 radical (unpaired) electrons. The molecule has 2 rings (SSSR count). The number of carboxylic acid groups (broad SMARTS) is 1. The predicted octanol–water partition coefficient (Wildman–Crippen LogP) is 1.54. The summed E-state index contributed by atoms with van der Waals surface area (Å²) < 4.78 is 0. The molecule has 1 aliphatic rings. The van der Waals surface area contributed by atoms with Crippen LogP contribution in [0.1, 0.15) is 30.5 Å². The molecule has 2 unspecified atom stereocenters. The highest BCUT2D eigenvalue weighted by molar-refractivity contribution is 5.79. The van der Waals surface area contributed by atoms with E-state index in [4.69, 9.17) is 10.8 Å². The summed E-state index contributed by atoms with van der Waals surface area (Å²) in [4.78, 5) is 13.3. The molecule has 0 saturated carbocycles. The number of hydrogen-bond acceptors (Lipinski definition) is 3. The number of benzene rings is 1. The maximum Gasteiger partial charge on any atom is 0.325 e. The van der Waals surface area contributed by atoms with E-state index >= 15 is 0 Å². The van der Waals surface area contributed by atoms with Crippen molar-refractivity contribution in [1.82, 2.24) is 4.90 Å². The SMILES string of the molecule is Cc1ccccc1C(C)N1CCC(N)(C(=O)O)C1. The number of rotatable bonds is 3. The van der Waals surface area contributed by atoms with E-state index in [-0.39, 0.29) is 6.04 Å². The highest BCUT2D eigenvalue weighted by Crippen LogP contribution is 2.30. The molecule has 0 spiro atoms. The molecule has 1 aromatic carbocycles. The molecular formula is C14H20N2O2. The molecule has 1 fully saturated rings. The summed E-state index contributed by atoms with van der Waals surface area (Å²) in [5.74, 6) is -0.901. The van der Waals surface area contributed by atoms with Gasteiger partial charge < -0.3 is 10.8 Å². The topological polar surface area (TPSA) is 66.6 Å². The van der Waals surface area contributed by atoms with E-state index in [0.717, 1.165) is 6.54 Å². The van der Waals surface area contributed by atoms with Crippen LogP contribution in [-0.2, 0) is 4.79 Å². The Morgan fingerprint density at radius 3 is 2.72 bits per heavy atom. The molecule has 18 heavy (non-hydrogen) atoms. The maximum atomic E-state index is 11.1. The van der Waals surface area contributed by atoms with Gasteiger partial charge in [-0.25, -0.2) is 0 Å². The molecule has 4 nitrogen and oxygen atoms in total. The van der Waals surface area contributed by atoms with Gasteiger partial charge in [-0.05, 0) is 31.4 Å². The van der Waals surface area contributed by atoms with Gasteiger partial charge in [-0.15, -0.1) is 0 Å². The third kappa shape index (κ3) is 2.26. The van der Waals surface area contributed by atoms with E-state index in [1.54, 1.807) is 0 Å². The molecule has 2 atom stereocenters. The first-order valence-electron chi connectivity index (χ1n) is 6.26. The second kappa shape index (κ2) is 4.71. The largest absolute Gasteiger partial charge is 0.480 e. The van der Waals surface area contributed by atoms with Crippen LogP contribution in [0.4, 0.5) is 0 Å². The Hall–Kier alpha value is -1.39. The van der Waals surface area contributed by atoms with E-state index in [0.29, 0.717) is 13.0 Å². The van der Waals surface area contributed by atoms with Gasteiger partial charge in [-0.1, -0.05) is 24.3 Å². The molecule has 1 aliphatic heterocycles. The fourth-order valence-corrected chi connectivity index (χ4v) is 2.62. The molecule has 0 aromatic heterocycles. The second-order valence-electron chi connectivity index (χ2n) is 5.21. The van der Waals surface area contributed by atoms with Gasteiger partial charge in [0.25, 0.3) is 0 Å². The summed E-state index contributed by atoms with van der Waals surface area (Å²) in [7, 11) is 0. The van der Waals surface area contributed by atoms with Crippen molar-refractivity contribution in [2.45, 2.75) is 31.8 Å². The summed E-state index contributed by atoms with van der Waals surface area (Å²) in [6.07, 6.45) is 0.512. The molecule has 1 aromatic rings. The van der Waals surface area contributed by atoms with Crippen LogP contribution in [0.15, 0.2) is 24.3 Å². The third-order valence-corrected chi connectivity index (χ3v) is 3.94. The van der Waals surface area contributed by atoms with Crippen molar-refractivity contribution in [2.24, 2.45) is 5.73 Å². The van der Waals surface area contributed by atoms with E-state index in [2.05, 4.69) is 30.9 Å². The molecule has 0 aliphatic carbocycles. The third-order valence-electron chi connectivity index (χ3n) is 3.94. The Morgan fingerprint density at radius 1 is 1.50 bits per heavy atom. The number of carboxylic acids is 1. The monoisotopic (exact) mass is 248 g/mol. The van der Waals surface area contributed by atoms with Crippen LogP contribution in [0.2, 0.25) is 0 Å². The number of carbonyl (C=O) groups is 1. The Balaban J connectivity index is 2.15. The van der Waals surface area contributed by atoms with Gasteiger partial charge in [0.1, 0.15) is 5.54 Å². The Bertz CT molecular complexity index is 461. The number of nitrogens with zero attached hydrogens (tertiary/aromatic N) is 1. The van der Waals surface area contributed by atoms with Gasteiger partial charge in [0, 0.05) is 19.1 Å². The van der Waals surface area contributed by atoms with Crippen LogP contribution in [0.3, 0.4) is 0 Å². The number of likely N-dealkylation sites (tertiary alicyclic amines) is 1. The van der Waals surface area contributed by atoms with E-state index in [9.17, 15) is 4.79 Å². The Morgan fingerprint density at radius 2 is 2.17 bits per heavy atom. The molecule has 4 heteroatoms. The van der Waals surface area contributed by atoms with Crippen LogP contribution in [0.25, 0.3) is 0 Å². The van der Waals surface area contributed by atoms with Crippen molar-refractivity contribution in [2.75, 3.05) is 13.1 Å².